The molecule has 2 unspecified atom stereocenters. The van der Waals surface area contributed by atoms with Gasteiger partial charge in [0.1, 0.15) is 11.8 Å². The quantitative estimate of drug-likeness (QED) is 0.546. The molecule has 0 radical (unpaired) electrons. The molecule has 1 saturated heterocycles. The molecule has 0 bridgehead atoms. The van der Waals surface area contributed by atoms with Gasteiger partial charge in [0.25, 0.3) is 5.91 Å². The molecule has 1 fully saturated rings. The zero-order chi connectivity index (χ0) is 18.8. The summed E-state index contributed by atoms with van der Waals surface area (Å²) in [6.45, 7) is 0.154. The van der Waals surface area contributed by atoms with Crippen molar-refractivity contribution in [3.05, 3.63) is 29.3 Å². The molecule has 26 heavy (non-hydrogen) atoms. The minimum atomic E-state index is -1.43. The van der Waals surface area contributed by atoms with Gasteiger partial charge in [-0.3, -0.25) is 24.5 Å². The molecule has 0 aliphatic carbocycles. The van der Waals surface area contributed by atoms with E-state index >= 15 is 0 Å². The predicted octanol–water partition coefficient (Wildman–Crippen LogP) is 0.420. The summed E-state index contributed by atoms with van der Waals surface area (Å²) in [5.74, 6) is -1.92. The van der Waals surface area contributed by atoms with E-state index < -0.39 is 29.1 Å². The summed E-state index contributed by atoms with van der Waals surface area (Å²) < 4.78 is 12.5. The number of carboxylic acids is 1. The van der Waals surface area contributed by atoms with E-state index in [1.54, 1.807) is 18.2 Å². The highest BCUT2D eigenvalue weighted by Gasteiger charge is 2.41. The van der Waals surface area contributed by atoms with Gasteiger partial charge >= 0.3 is 5.97 Å². The van der Waals surface area contributed by atoms with Crippen LogP contribution in [0.2, 0.25) is 0 Å². The second-order valence-corrected chi connectivity index (χ2v) is 7.77. The number of fused-ring (bicyclic) bond motifs is 1. The molecular formula is C17H18N2O6S. The zero-order valence-electron chi connectivity index (χ0n) is 13.9. The number of hydrogen-bond donors (Lipinski definition) is 2. The summed E-state index contributed by atoms with van der Waals surface area (Å²) in [7, 11) is 0. The summed E-state index contributed by atoms with van der Waals surface area (Å²) in [5, 5.41) is 10.9. The molecule has 2 atom stereocenters. The number of carbonyl (C=O) groups is 4. The van der Waals surface area contributed by atoms with Crippen molar-refractivity contribution in [2.24, 2.45) is 0 Å². The van der Waals surface area contributed by atoms with Gasteiger partial charge in [-0.05, 0) is 29.7 Å². The van der Waals surface area contributed by atoms with Crippen molar-refractivity contribution in [3.63, 3.8) is 0 Å². The molecular weight excluding hydrogens is 360 g/mol. The molecule has 9 heteroatoms. The lowest BCUT2D eigenvalue weighted by atomic mass is 10.0. The van der Waals surface area contributed by atoms with Crippen LogP contribution in [0.3, 0.4) is 0 Å². The normalized spacial score (nSPS) is 20.7. The number of nitrogens with one attached hydrogen (secondary N) is 1. The smallest absolute Gasteiger partial charge is 0.303 e. The molecule has 8 nitrogen and oxygen atoms in total. The molecule has 138 valence electrons. The number of carbonyl (C=O) groups excluding carboxylic acids is 3. The number of carboxylic acid groups (broad SMARTS) is 1. The zero-order valence-corrected chi connectivity index (χ0v) is 14.7. The predicted molar refractivity (Wildman–Crippen MR) is 90.6 cm³/mol. The Labute approximate surface area is 152 Å². The van der Waals surface area contributed by atoms with Crippen LogP contribution in [0.1, 0.15) is 41.6 Å². The Morgan fingerprint density at radius 3 is 2.81 bits per heavy atom. The Kier molecular flexibility index (Phi) is 5.28. The molecule has 3 rings (SSSR count). The fourth-order valence-corrected chi connectivity index (χ4v) is 4.54. The molecule has 0 saturated carbocycles. The van der Waals surface area contributed by atoms with Crippen LogP contribution < -0.4 is 5.32 Å². The van der Waals surface area contributed by atoms with E-state index in [1.807, 2.05) is 0 Å². The number of amides is 3. The van der Waals surface area contributed by atoms with E-state index in [9.17, 15) is 23.7 Å². The second-order valence-electron chi connectivity index (χ2n) is 6.23. The fourth-order valence-electron chi connectivity index (χ4n) is 3.23. The minimum absolute atomic E-state index is 0.0674. The van der Waals surface area contributed by atoms with E-state index in [0.29, 0.717) is 16.0 Å². The Balaban J connectivity index is 1.78. The number of piperidine rings is 1. The van der Waals surface area contributed by atoms with E-state index in [0.717, 1.165) is 0 Å². The third kappa shape index (κ3) is 3.58. The van der Waals surface area contributed by atoms with E-state index in [4.69, 9.17) is 5.11 Å². The van der Waals surface area contributed by atoms with Crippen LogP contribution in [-0.4, -0.2) is 50.0 Å². The van der Waals surface area contributed by atoms with Gasteiger partial charge in [-0.2, -0.15) is 0 Å². The van der Waals surface area contributed by atoms with Crippen molar-refractivity contribution in [3.8, 4) is 0 Å². The lowest BCUT2D eigenvalue weighted by Crippen LogP contribution is -2.52. The van der Waals surface area contributed by atoms with Gasteiger partial charge in [0.05, 0.1) is 6.54 Å². The average Bonchev–Trinajstić information content (AvgIpc) is 2.91. The maximum Gasteiger partial charge on any atom is 0.303 e. The van der Waals surface area contributed by atoms with Gasteiger partial charge in [-0.1, -0.05) is 6.07 Å². The standard InChI is InChI=1S/C17H18N2O6S/c20-14-7-6-12(16(23)18-14)19-9-11-10(17(19)24)3-1-4-13(11)26(25)8-2-5-15(21)22/h1,3-4,12H,2,5-9H2,(H,21,22)(H,18,20,23). The Hall–Kier alpha value is -2.39. The van der Waals surface area contributed by atoms with Crippen molar-refractivity contribution in [2.45, 2.75) is 43.2 Å². The first-order chi connectivity index (χ1) is 12.4. The van der Waals surface area contributed by atoms with Crippen molar-refractivity contribution in [1.82, 2.24) is 10.2 Å². The monoisotopic (exact) mass is 378 g/mol. The summed E-state index contributed by atoms with van der Waals surface area (Å²) >= 11 is -1.43. The van der Waals surface area contributed by atoms with Crippen LogP contribution in [0.25, 0.3) is 0 Å². The number of imide groups is 1. The fraction of sp³-hybridized carbons (Fsp3) is 0.412. The van der Waals surface area contributed by atoms with Crippen LogP contribution in [-0.2, 0) is 32.1 Å². The highest BCUT2D eigenvalue weighted by atomic mass is 32.2. The van der Waals surface area contributed by atoms with E-state index in [1.165, 1.54) is 4.90 Å². The maximum atomic E-state index is 12.7. The van der Waals surface area contributed by atoms with E-state index in [-0.39, 0.29) is 49.8 Å². The Bertz CT molecular complexity index is 781. The van der Waals surface area contributed by atoms with Crippen molar-refractivity contribution in [2.75, 3.05) is 5.75 Å². The van der Waals surface area contributed by atoms with Gasteiger partial charge in [-0.25, -0.2) is 0 Å². The van der Waals surface area contributed by atoms with Gasteiger partial charge in [0.15, 0.2) is 4.90 Å². The summed E-state index contributed by atoms with van der Waals surface area (Å²) in [6, 6.07) is 4.20. The third-order valence-corrected chi connectivity index (χ3v) is 6.04. The van der Waals surface area contributed by atoms with Crippen LogP contribution in [0, 0.1) is 0 Å². The number of nitrogens with zero attached hydrogens (tertiary/aromatic N) is 1. The highest BCUT2D eigenvalue weighted by Crippen LogP contribution is 2.32. The Morgan fingerprint density at radius 2 is 2.12 bits per heavy atom. The first-order valence-corrected chi connectivity index (χ1v) is 9.57. The first-order valence-electron chi connectivity index (χ1n) is 8.25. The van der Waals surface area contributed by atoms with Gasteiger partial charge in [-0.15, -0.1) is 0 Å². The molecule has 3 amide bonds. The van der Waals surface area contributed by atoms with Gasteiger partial charge in [0, 0.05) is 30.4 Å². The number of benzene rings is 1. The van der Waals surface area contributed by atoms with Gasteiger partial charge in [0.2, 0.25) is 11.8 Å². The molecule has 2 heterocycles. The lowest BCUT2D eigenvalue weighted by molar-refractivity contribution is -0.138. The van der Waals surface area contributed by atoms with Crippen LogP contribution in [0.15, 0.2) is 23.1 Å². The minimum Gasteiger partial charge on any atom is -0.611 e. The van der Waals surface area contributed by atoms with Crippen molar-refractivity contribution < 1.29 is 28.8 Å². The summed E-state index contributed by atoms with van der Waals surface area (Å²) in [6.07, 6.45) is 0.643. The molecule has 2 aliphatic heterocycles. The SMILES string of the molecule is O=C(O)CCC[S+]([O-])c1cccc2c1CN(C1CCC(=O)NC1=O)C2=O. The number of rotatable bonds is 6. The Morgan fingerprint density at radius 1 is 1.35 bits per heavy atom. The maximum absolute atomic E-state index is 12.7. The van der Waals surface area contributed by atoms with Crippen LogP contribution in [0.4, 0.5) is 0 Å². The van der Waals surface area contributed by atoms with E-state index in [2.05, 4.69) is 5.32 Å². The lowest BCUT2D eigenvalue weighted by Gasteiger charge is -2.29. The molecule has 2 aliphatic rings. The third-order valence-electron chi connectivity index (χ3n) is 4.50. The molecule has 1 aromatic rings. The van der Waals surface area contributed by atoms with Gasteiger partial charge < -0.3 is 14.6 Å². The molecule has 2 N–H and O–H groups in total. The van der Waals surface area contributed by atoms with Crippen LogP contribution >= 0.6 is 0 Å². The topological polar surface area (TPSA) is 127 Å². The molecule has 0 spiro atoms. The average molecular weight is 378 g/mol. The first kappa shape index (κ1) is 18.4. The number of hydrogen-bond acceptors (Lipinski definition) is 5. The van der Waals surface area contributed by atoms with Crippen molar-refractivity contribution >= 4 is 34.9 Å². The van der Waals surface area contributed by atoms with Crippen molar-refractivity contribution in [1.29, 1.82) is 0 Å². The highest BCUT2D eigenvalue weighted by molar-refractivity contribution is 7.91. The number of aliphatic carboxylic acids is 1. The van der Waals surface area contributed by atoms with Crippen LogP contribution in [0.5, 0.6) is 0 Å². The molecule has 0 aromatic heterocycles. The largest absolute Gasteiger partial charge is 0.611 e. The second kappa shape index (κ2) is 7.46. The summed E-state index contributed by atoms with van der Waals surface area (Å²) in [5.41, 5.74) is 1.01. The molecule has 1 aromatic carbocycles. The summed E-state index contributed by atoms with van der Waals surface area (Å²) in [4.78, 5) is 48.6.